The molecule has 2 heterocycles. The SMILES string of the molecule is CCC(O)c1cc(-c2ccc(-c3cccc(S(C)(=O)=O)c3)s2)n(-c2ccccc2Cl)n1. The summed E-state index contributed by atoms with van der Waals surface area (Å²) in [5, 5.41) is 15.5. The van der Waals surface area contributed by atoms with Crippen LogP contribution in [0.5, 0.6) is 0 Å². The lowest BCUT2D eigenvalue weighted by molar-refractivity contribution is 0.168. The fraction of sp³-hybridized carbons (Fsp3) is 0.174. The second-order valence-corrected chi connectivity index (χ2v) is 10.7. The predicted molar refractivity (Wildman–Crippen MR) is 126 cm³/mol. The molecule has 1 N–H and O–H groups in total. The minimum absolute atomic E-state index is 0.286. The Hall–Kier alpha value is -2.45. The van der Waals surface area contributed by atoms with Crippen molar-refractivity contribution in [2.45, 2.75) is 24.3 Å². The first-order valence-corrected chi connectivity index (χ1v) is 12.8. The predicted octanol–water partition coefficient (Wildman–Crippen LogP) is 5.77. The van der Waals surface area contributed by atoms with Crippen molar-refractivity contribution in [3.63, 3.8) is 0 Å². The monoisotopic (exact) mass is 472 g/mol. The van der Waals surface area contributed by atoms with Gasteiger partial charge in [-0.1, -0.05) is 42.8 Å². The maximum atomic E-state index is 11.9. The van der Waals surface area contributed by atoms with E-state index in [4.69, 9.17) is 11.6 Å². The summed E-state index contributed by atoms with van der Waals surface area (Å²) < 4.78 is 25.6. The molecule has 2 aromatic heterocycles. The smallest absolute Gasteiger partial charge is 0.175 e. The molecule has 1 atom stereocenters. The minimum atomic E-state index is -3.29. The number of aromatic nitrogens is 2. The molecule has 160 valence electrons. The largest absolute Gasteiger partial charge is 0.387 e. The van der Waals surface area contributed by atoms with E-state index in [1.54, 1.807) is 28.9 Å². The number of para-hydroxylation sites is 1. The summed E-state index contributed by atoms with van der Waals surface area (Å²) in [6.45, 7) is 1.90. The van der Waals surface area contributed by atoms with Crippen LogP contribution in [0.4, 0.5) is 0 Å². The Morgan fingerprint density at radius 2 is 1.81 bits per heavy atom. The van der Waals surface area contributed by atoms with E-state index in [1.807, 2.05) is 49.4 Å². The molecule has 4 rings (SSSR count). The molecule has 2 aromatic carbocycles. The lowest BCUT2D eigenvalue weighted by atomic mass is 10.2. The van der Waals surface area contributed by atoms with Crippen LogP contribution in [0.3, 0.4) is 0 Å². The normalized spacial score (nSPS) is 12.8. The Kier molecular flexibility index (Phi) is 6.03. The van der Waals surface area contributed by atoms with Gasteiger partial charge in [-0.2, -0.15) is 5.10 Å². The highest BCUT2D eigenvalue weighted by molar-refractivity contribution is 7.90. The summed E-state index contributed by atoms with van der Waals surface area (Å²) in [6, 6.07) is 20.1. The van der Waals surface area contributed by atoms with Crippen molar-refractivity contribution in [1.82, 2.24) is 9.78 Å². The average Bonchev–Trinajstić information content (AvgIpc) is 3.40. The summed E-state index contributed by atoms with van der Waals surface area (Å²) in [7, 11) is -3.29. The number of nitrogens with zero attached hydrogens (tertiary/aromatic N) is 2. The highest BCUT2D eigenvalue weighted by Crippen LogP contribution is 2.38. The third-order valence-electron chi connectivity index (χ3n) is 4.94. The third-order valence-corrected chi connectivity index (χ3v) is 7.53. The Balaban J connectivity index is 1.82. The second-order valence-electron chi connectivity index (χ2n) is 7.21. The molecular weight excluding hydrogens is 452 g/mol. The van der Waals surface area contributed by atoms with Gasteiger partial charge in [-0.15, -0.1) is 11.3 Å². The zero-order chi connectivity index (χ0) is 22.2. The number of hydrogen-bond donors (Lipinski definition) is 1. The van der Waals surface area contributed by atoms with Gasteiger partial charge in [0.2, 0.25) is 0 Å². The van der Waals surface area contributed by atoms with Crippen molar-refractivity contribution in [2.75, 3.05) is 6.26 Å². The summed E-state index contributed by atoms with van der Waals surface area (Å²) in [6.07, 6.45) is 1.08. The number of hydrogen-bond acceptors (Lipinski definition) is 5. The number of halogens is 1. The number of aliphatic hydroxyl groups is 1. The third kappa shape index (κ3) is 4.45. The van der Waals surface area contributed by atoms with E-state index in [2.05, 4.69) is 5.10 Å². The summed E-state index contributed by atoms with van der Waals surface area (Å²) in [4.78, 5) is 2.15. The summed E-state index contributed by atoms with van der Waals surface area (Å²) >= 11 is 7.95. The number of sulfone groups is 1. The first kappa shape index (κ1) is 21.8. The van der Waals surface area contributed by atoms with Gasteiger partial charge in [-0.05, 0) is 54.4 Å². The molecule has 0 aliphatic heterocycles. The Labute approximate surface area is 190 Å². The molecule has 0 aliphatic carbocycles. The highest BCUT2D eigenvalue weighted by atomic mass is 35.5. The first-order chi connectivity index (χ1) is 14.8. The van der Waals surface area contributed by atoms with E-state index in [0.717, 1.165) is 26.7 Å². The van der Waals surface area contributed by atoms with Crippen LogP contribution in [0.25, 0.3) is 26.7 Å². The van der Waals surface area contributed by atoms with Gasteiger partial charge < -0.3 is 5.11 Å². The van der Waals surface area contributed by atoms with Crippen LogP contribution < -0.4 is 0 Å². The minimum Gasteiger partial charge on any atom is -0.387 e. The summed E-state index contributed by atoms with van der Waals surface area (Å²) in [5.41, 5.74) is 2.94. The zero-order valence-corrected chi connectivity index (χ0v) is 19.4. The van der Waals surface area contributed by atoms with Crippen LogP contribution in [-0.4, -0.2) is 29.6 Å². The van der Waals surface area contributed by atoms with Crippen LogP contribution in [0.1, 0.15) is 25.1 Å². The Morgan fingerprint density at radius 1 is 1.06 bits per heavy atom. The van der Waals surface area contributed by atoms with Gasteiger partial charge in [-0.3, -0.25) is 0 Å². The van der Waals surface area contributed by atoms with Gasteiger partial charge in [0.25, 0.3) is 0 Å². The zero-order valence-electron chi connectivity index (χ0n) is 17.0. The van der Waals surface area contributed by atoms with Gasteiger partial charge in [0.15, 0.2) is 9.84 Å². The lowest BCUT2D eigenvalue weighted by Gasteiger charge is -2.08. The van der Waals surface area contributed by atoms with Gasteiger partial charge in [0, 0.05) is 11.1 Å². The number of rotatable bonds is 6. The maximum Gasteiger partial charge on any atom is 0.175 e. The molecule has 4 aromatic rings. The molecule has 8 heteroatoms. The van der Waals surface area contributed by atoms with Crippen LogP contribution in [-0.2, 0) is 9.84 Å². The van der Waals surface area contributed by atoms with Crippen molar-refractivity contribution in [1.29, 1.82) is 0 Å². The van der Waals surface area contributed by atoms with Crippen LogP contribution >= 0.6 is 22.9 Å². The fourth-order valence-corrected chi connectivity index (χ4v) is 5.15. The molecule has 0 amide bonds. The van der Waals surface area contributed by atoms with E-state index in [1.165, 1.54) is 17.6 Å². The molecule has 0 fully saturated rings. The molecule has 0 saturated heterocycles. The van der Waals surface area contributed by atoms with E-state index in [9.17, 15) is 13.5 Å². The second kappa shape index (κ2) is 8.59. The molecule has 0 spiro atoms. The van der Waals surface area contributed by atoms with Gasteiger partial charge >= 0.3 is 0 Å². The summed E-state index contributed by atoms with van der Waals surface area (Å²) in [5.74, 6) is 0. The van der Waals surface area contributed by atoms with Crippen molar-refractivity contribution in [3.05, 3.63) is 77.4 Å². The number of aliphatic hydroxyl groups excluding tert-OH is 1. The van der Waals surface area contributed by atoms with Gasteiger partial charge in [0.1, 0.15) is 0 Å². The molecule has 31 heavy (non-hydrogen) atoms. The van der Waals surface area contributed by atoms with Crippen molar-refractivity contribution in [3.8, 4) is 26.7 Å². The maximum absolute atomic E-state index is 11.9. The molecule has 0 bridgehead atoms. The van der Waals surface area contributed by atoms with Crippen molar-refractivity contribution >= 4 is 32.8 Å². The molecular formula is C23H21ClN2O3S2. The number of thiophene rings is 1. The quantitative estimate of drug-likeness (QED) is 0.386. The van der Waals surface area contributed by atoms with Crippen molar-refractivity contribution in [2.24, 2.45) is 0 Å². The Morgan fingerprint density at radius 3 is 2.52 bits per heavy atom. The van der Waals surface area contributed by atoms with Gasteiger partial charge in [-0.25, -0.2) is 13.1 Å². The van der Waals surface area contributed by atoms with E-state index < -0.39 is 15.9 Å². The van der Waals surface area contributed by atoms with E-state index in [0.29, 0.717) is 17.1 Å². The molecule has 5 nitrogen and oxygen atoms in total. The van der Waals surface area contributed by atoms with Crippen LogP contribution in [0, 0.1) is 0 Å². The number of benzene rings is 2. The lowest BCUT2D eigenvalue weighted by Crippen LogP contribution is -2.02. The molecule has 1 unspecified atom stereocenters. The topological polar surface area (TPSA) is 72.2 Å². The highest BCUT2D eigenvalue weighted by Gasteiger charge is 2.19. The van der Waals surface area contributed by atoms with Gasteiger partial charge in [0.05, 0.1) is 38.0 Å². The standard InChI is InChI=1S/C23H21ClN2O3S2/c1-3-21(27)18-14-20(26(25-18)19-10-5-4-9-17(19)24)23-12-11-22(30-23)15-7-6-8-16(13-15)31(2,28)29/h4-14,21,27H,3H2,1-2H3. The van der Waals surface area contributed by atoms with E-state index >= 15 is 0 Å². The first-order valence-electron chi connectivity index (χ1n) is 9.71. The molecule has 0 aliphatic rings. The van der Waals surface area contributed by atoms with E-state index in [-0.39, 0.29) is 4.90 Å². The average molecular weight is 473 g/mol. The molecule has 0 saturated carbocycles. The molecule has 0 radical (unpaired) electrons. The van der Waals surface area contributed by atoms with Crippen molar-refractivity contribution < 1.29 is 13.5 Å². The fourth-order valence-electron chi connectivity index (χ4n) is 3.26. The van der Waals surface area contributed by atoms with Crippen LogP contribution in [0.15, 0.2) is 71.6 Å². The Bertz CT molecular complexity index is 1340. The van der Waals surface area contributed by atoms with Crippen LogP contribution in [0.2, 0.25) is 5.02 Å².